The van der Waals surface area contributed by atoms with Crippen LogP contribution >= 0.6 is 0 Å². The highest BCUT2D eigenvalue weighted by Crippen LogP contribution is 2.21. The van der Waals surface area contributed by atoms with Crippen molar-refractivity contribution in [2.45, 2.75) is 19.9 Å². The summed E-state index contributed by atoms with van der Waals surface area (Å²) >= 11 is 0. The van der Waals surface area contributed by atoms with Gasteiger partial charge < -0.3 is 11.1 Å². The van der Waals surface area contributed by atoms with Crippen molar-refractivity contribution in [2.24, 2.45) is 0 Å². The average molecular weight is 290 g/mol. The molecule has 2 aromatic rings. The van der Waals surface area contributed by atoms with Gasteiger partial charge in [-0.15, -0.1) is 0 Å². The van der Waals surface area contributed by atoms with E-state index in [0.29, 0.717) is 11.3 Å². The van der Waals surface area contributed by atoms with E-state index in [-0.39, 0.29) is 5.56 Å². The minimum atomic E-state index is -0.792. The molecule has 1 unspecified atom stereocenters. The third-order valence-electron chi connectivity index (χ3n) is 3.29. The van der Waals surface area contributed by atoms with E-state index in [1.807, 2.05) is 0 Å². The maximum atomic E-state index is 13.7. The fourth-order valence-electron chi connectivity index (χ4n) is 2.16. The fourth-order valence-corrected chi connectivity index (χ4v) is 2.16. The normalized spacial score (nSPS) is 12.0. The molecule has 0 aliphatic rings. The molecule has 2 aromatic carbocycles. The largest absolute Gasteiger partial charge is 0.399 e. The van der Waals surface area contributed by atoms with E-state index in [2.05, 4.69) is 5.32 Å². The predicted octanol–water partition coefficient (Wildman–Crippen LogP) is 3.35. The molecule has 0 aliphatic heterocycles. The minimum Gasteiger partial charge on any atom is -0.399 e. The van der Waals surface area contributed by atoms with Crippen LogP contribution in [-0.4, -0.2) is 5.91 Å². The summed E-state index contributed by atoms with van der Waals surface area (Å²) in [7, 11) is 0. The van der Waals surface area contributed by atoms with Crippen LogP contribution in [0.1, 0.15) is 34.5 Å². The summed E-state index contributed by atoms with van der Waals surface area (Å²) in [6.07, 6.45) is 0. The maximum absolute atomic E-state index is 13.7. The van der Waals surface area contributed by atoms with Crippen LogP contribution in [0.25, 0.3) is 0 Å². The summed E-state index contributed by atoms with van der Waals surface area (Å²) in [4.78, 5) is 12.2. The van der Waals surface area contributed by atoms with Crippen LogP contribution in [0, 0.1) is 18.6 Å². The fraction of sp³-hybridized carbons (Fsp3) is 0.188. The molecule has 0 bridgehead atoms. The van der Waals surface area contributed by atoms with Crippen LogP contribution in [0.5, 0.6) is 0 Å². The second-order valence-corrected chi connectivity index (χ2v) is 4.90. The van der Waals surface area contributed by atoms with Gasteiger partial charge in [-0.2, -0.15) is 0 Å². The highest BCUT2D eigenvalue weighted by Gasteiger charge is 2.19. The van der Waals surface area contributed by atoms with Crippen LogP contribution < -0.4 is 11.1 Å². The number of halogens is 2. The summed E-state index contributed by atoms with van der Waals surface area (Å²) in [6, 6.07) is 7.75. The number of carbonyl (C=O) groups is 1. The Kier molecular flexibility index (Phi) is 4.21. The molecule has 3 N–H and O–H groups in total. The minimum absolute atomic E-state index is 0.160. The molecule has 0 spiro atoms. The van der Waals surface area contributed by atoms with Gasteiger partial charge >= 0.3 is 0 Å². The smallest absolute Gasteiger partial charge is 0.252 e. The van der Waals surface area contributed by atoms with Gasteiger partial charge in [-0.05, 0) is 43.7 Å². The molecule has 1 atom stereocenters. The topological polar surface area (TPSA) is 55.1 Å². The summed E-state index contributed by atoms with van der Waals surface area (Å²) in [5.41, 5.74) is 7.08. The molecule has 0 aromatic heterocycles. The number of carbonyl (C=O) groups excluding carboxylic acids is 1. The summed E-state index contributed by atoms with van der Waals surface area (Å²) in [6.45, 7) is 3.30. The van der Waals surface area contributed by atoms with Crippen molar-refractivity contribution in [1.29, 1.82) is 0 Å². The molecule has 0 fully saturated rings. The van der Waals surface area contributed by atoms with Crippen LogP contribution in [-0.2, 0) is 0 Å². The van der Waals surface area contributed by atoms with E-state index >= 15 is 0 Å². The molecule has 0 saturated heterocycles. The van der Waals surface area contributed by atoms with Crippen molar-refractivity contribution in [3.63, 3.8) is 0 Å². The highest BCUT2D eigenvalue weighted by atomic mass is 19.1. The van der Waals surface area contributed by atoms with Gasteiger partial charge in [0.2, 0.25) is 0 Å². The second kappa shape index (κ2) is 5.91. The molecule has 110 valence electrons. The lowest BCUT2D eigenvalue weighted by Crippen LogP contribution is -2.28. The first-order chi connectivity index (χ1) is 9.90. The van der Waals surface area contributed by atoms with Gasteiger partial charge in [0, 0.05) is 16.8 Å². The van der Waals surface area contributed by atoms with Crippen molar-refractivity contribution in [1.82, 2.24) is 5.32 Å². The van der Waals surface area contributed by atoms with Crippen molar-refractivity contribution >= 4 is 11.6 Å². The standard InChI is InChI=1S/C16H16F2N2O/c1-9-6-7-11(19)8-12(9)16(21)20-10(2)15-13(17)4-3-5-14(15)18/h3-8,10H,19H2,1-2H3,(H,20,21). The molecule has 0 heterocycles. The Morgan fingerprint density at radius 1 is 1.19 bits per heavy atom. The van der Waals surface area contributed by atoms with Gasteiger partial charge in [-0.3, -0.25) is 4.79 Å². The first-order valence-electron chi connectivity index (χ1n) is 6.51. The summed E-state index contributed by atoms with van der Waals surface area (Å²) in [5.74, 6) is -1.80. The predicted molar refractivity (Wildman–Crippen MR) is 77.8 cm³/mol. The number of nitrogens with two attached hydrogens (primary N) is 1. The van der Waals surface area contributed by atoms with Crippen molar-refractivity contribution in [3.8, 4) is 0 Å². The van der Waals surface area contributed by atoms with Crippen molar-refractivity contribution in [3.05, 3.63) is 64.7 Å². The first kappa shape index (κ1) is 15.0. The lowest BCUT2D eigenvalue weighted by atomic mass is 10.0. The van der Waals surface area contributed by atoms with E-state index in [4.69, 9.17) is 5.73 Å². The van der Waals surface area contributed by atoms with Crippen molar-refractivity contribution < 1.29 is 13.6 Å². The highest BCUT2D eigenvalue weighted by molar-refractivity contribution is 5.96. The van der Waals surface area contributed by atoms with E-state index < -0.39 is 23.6 Å². The average Bonchev–Trinajstić information content (AvgIpc) is 2.41. The molecule has 0 saturated carbocycles. The Morgan fingerprint density at radius 3 is 2.43 bits per heavy atom. The van der Waals surface area contributed by atoms with Crippen LogP contribution in [0.2, 0.25) is 0 Å². The van der Waals surface area contributed by atoms with Crippen molar-refractivity contribution in [2.75, 3.05) is 5.73 Å². The quantitative estimate of drug-likeness (QED) is 0.852. The molecule has 1 amide bonds. The molecule has 2 rings (SSSR count). The van der Waals surface area contributed by atoms with Gasteiger partial charge in [0.25, 0.3) is 5.91 Å². The lowest BCUT2D eigenvalue weighted by molar-refractivity contribution is 0.0938. The monoisotopic (exact) mass is 290 g/mol. The van der Waals surface area contributed by atoms with Gasteiger partial charge in [0.15, 0.2) is 0 Å². The zero-order valence-electron chi connectivity index (χ0n) is 11.8. The van der Waals surface area contributed by atoms with Gasteiger partial charge in [-0.1, -0.05) is 12.1 Å². The van der Waals surface area contributed by atoms with E-state index in [1.54, 1.807) is 19.1 Å². The zero-order valence-corrected chi connectivity index (χ0v) is 11.8. The zero-order chi connectivity index (χ0) is 15.6. The second-order valence-electron chi connectivity index (χ2n) is 4.90. The van der Waals surface area contributed by atoms with E-state index in [9.17, 15) is 13.6 Å². The van der Waals surface area contributed by atoms with Gasteiger partial charge in [0.1, 0.15) is 11.6 Å². The molecule has 0 aliphatic carbocycles. The number of aryl methyl sites for hydroxylation is 1. The summed E-state index contributed by atoms with van der Waals surface area (Å²) < 4.78 is 27.4. The number of anilines is 1. The van der Waals surface area contributed by atoms with Crippen LogP contribution in [0.4, 0.5) is 14.5 Å². The third kappa shape index (κ3) is 3.18. The molecule has 21 heavy (non-hydrogen) atoms. The molecular formula is C16H16F2N2O. The number of amides is 1. The molecular weight excluding hydrogens is 274 g/mol. The Hall–Kier alpha value is -2.43. The maximum Gasteiger partial charge on any atom is 0.252 e. The van der Waals surface area contributed by atoms with Gasteiger partial charge in [0.05, 0.1) is 6.04 Å². The van der Waals surface area contributed by atoms with E-state index in [0.717, 1.165) is 17.7 Å². The third-order valence-corrected chi connectivity index (χ3v) is 3.29. The molecule has 0 radical (unpaired) electrons. The number of nitrogens with one attached hydrogen (secondary N) is 1. The number of rotatable bonds is 3. The molecule has 3 nitrogen and oxygen atoms in total. The number of hydrogen-bond donors (Lipinski definition) is 2. The Bertz CT molecular complexity index is 666. The van der Waals surface area contributed by atoms with E-state index in [1.165, 1.54) is 19.1 Å². The number of benzene rings is 2. The van der Waals surface area contributed by atoms with Crippen LogP contribution in [0.15, 0.2) is 36.4 Å². The number of nitrogen functional groups attached to an aromatic ring is 1. The Balaban J connectivity index is 2.25. The lowest BCUT2D eigenvalue weighted by Gasteiger charge is -2.17. The van der Waals surface area contributed by atoms with Gasteiger partial charge in [-0.25, -0.2) is 8.78 Å². The summed E-state index contributed by atoms with van der Waals surface area (Å²) in [5, 5.41) is 2.59. The van der Waals surface area contributed by atoms with Crippen LogP contribution in [0.3, 0.4) is 0 Å². The Labute approximate surface area is 121 Å². The number of hydrogen-bond acceptors (Lipinski definition) is 2. The molecule has 5 heteroatoms. The Morgan fingerprint density at radius 2 is 1.81 bits per heavy atom. The SMILES string of the molecule is Cc1ccc(N)cc1C(=O)NC(C)c1c(F)cccc1F. The first-order valence-corrected chi connectivity index (χ1v) is 6.51.